The van der Waals surface area contributed by atoms with Crippen LogP contribution >= 0.6 is 11.6 Å². The molecule has 0 aliphatic carbocycles. The van der Waals surface area contributed by atoms with Gasteiger partial charge in [-0.1, -0.05) is 23.7 Å². The van der Waals surface area contributed by atoms with Crippen LogP contribution < -0.4 is 5.56 Å². The number of halogens is 1. The molecule has 0 bridgehead atoms. The molecule has 0 spiro atoms. The first-order chi connectivity index (χ1) is 13.6. The van der Waals surface area contributed by atoms with Crippen LogP contribution in [-0.4, -0.2) is 56.4 Å². The zero-order chi connectivity index (χ0) is 19.7. The standard InChI is InChI=1S/C20H19ClN4O3/c21-14-5-1-4-13(12-14)17-18-15(6-2-8-22-18)19(27)25(23-17)20(28)16-7-3-9-24(16)10-11-26/h1-2,4-6,8,12,16,26H,3,7,9-11H2. The highest BCUT2D eigenvalue weighted by Gasteiger charge is 2.33. The lowest BCUT2D eigenvalue weighted by atomic mass is 10.1. The van der Waals surface area contributed by atoms with E-state index in [1.165, 1.54) is 0 Å². The molecule has 1 aliphatic heterocycles. The monoisotopic (exact) mass is 398 g/mol. The lowest BCUT2D eigenvalue weighted by Gasteiger charge is -2.22. The zero-order valence-electron chi connectivity index (χ0n) is 15.1. The van der Waals surface area contributed by atoms with Crippen LogP contribution in [0.1, 0.15) is 17.6 Å². The van der Waals surface area contributed by atoms with Gasteiger partial charge in [0.05, 0.1) is 18.0 Å². The Labute approximate surface area is 166 Å². The molecule has 1 aromatic carbocycles. The molecule has 1 aliphatic rings. The quantitative estimate of drug-likeness (QED) is 0.724. The Morgan fingerprint density at radius 2 is 2.14 bits per heavy atom. The summed E-state index contributed by atoms with van der Waals surface area (Å²) in [5, 5.41) is 14.5. The lowest BCUT2D eigenvalue weighted by molar-refractivity contribution is 0.0739. The van der Waals surface area contributed by atoms with Gasteiger partial charge in [0, 0.05) is 23.3 Å². The molecule has 28 heavy (non-hydrogen) atoms. The zero-order valence-corrected chi connectivity index (χ0v) is 15.8. The first kappa shape index (κ1) is 18.7. The van der Waals surface area contributed by atoms with Crippen LogP contribution in [0.5, 0.6) is 0 Å². The Balaban J connectivity index is 1.89. The summed E-state index contributed by atoms with van der Waals surface area (Å²) in [4.78, 5) is 32.4. The molecule has 1 unspecified atom stereocenters. The molecule has 1 saturated heterocycles. The van der Waals surface area contributed by atoms with Crippen LogP contribution in [0.15, 0.2) is 47.4 Å². The van der Waals surface area contributed by atoms with Crippen molar-refractivity contribution in [3.63, 3.8) is 0 Å². The van der Waals surface area contributed by atoms with Gasteiger partial charge in [0.15, 0.2) is 0 Å². The van der Waals surface area contributed by atoms with E-state index < -0.39 is 11.6 Å². The Hall–Kier alpha value is -2.61. The number of pyridine rings is 1. The second-order valence-electron chi connectivity index (χ2n) is 6.73. The smallest absolute Gasteiger partial charge is 0.283 e. The third-order valence-electron chi connectivity index (χ3n) is 5.00. The minimum atomic E-state index is -0.491. The van der Waals surface area contributed by atoms with Gasteiger partial charge < -0.3 is 5.11 Å². The second kappa shape index (κ2) is 7.79. The molecule has 0 saturated carbocycles. The molecule has 4 rings (SSSR count). The Morgan fingerprint density at radius 3 is 2.93 bits per heavy atom. The highest BCUT2D eigenvalue weighted by Crippen LogP contribution is 2.26. The van der Waals surface area contributed by atoms with Crippen molar-refractivity contribution < 1.29 is 9.90 Å². The second-order valence-corrected chi connectivity index (χ2v) is 7.17. The predicted molar refractivity (Wildman–Crippen MR) is 107 cm³/mol. The topological polar surface area (TPSA) is 88.3 Å². The Bertz CT molecular complexity index is 1100. The summed E-state index contributed by atoms with van der Waals surface area (Å²) in [7, 11) is 0. The van der Waals surface area contributed by atoms with Crippen molar-refractivity contribution in [3.05, 3.63) is 58.0 Å². The number of aromatic nitrogens is 3. The van der Waals surface area contributed by atoms with Gasteiger partial charge in [-0.3, -0.25) is 19.5 Å². The summed E-state index contributed by atoms with van der Waals surface area (Å²) >= 11 is 6.12. The van der Waals surface area contributed by atoms with Crippen LogP contribution in [0.2, 0.25) is 5.02 Å². The van der Waals surface area contributed by atoms with Crippen molar-refractivity contribution in [1.29, 1.82) is 0 Å². The Kier molecular flexibility index (Phi) is 5.21. The Morgan fingerprint density at radius 1 is 1.29 bits per heavy atom. The van der Waals surface area contributed by atoms with Crippen molar-refractivity contribution in [2.75, 3.05) is 19.7 Å². The maximum absolute atomic E-state index is 13.2. The van der Waals surface area contributed by atoms with Crippen LogP contribution in [0.4, 0.5) is 0 Å². The van der Waals surface area contributed by atoms with Gasteiger partial charge in [0.2, 0.25) is 0 Å². The van der Waals surface area contributed by atoms with Crippen LogP contribution in [0, 0.1) is 0 Å². The number of aliphatic hydroxyl groups excluding tert-OH is 1. The van der Waals surface area contributed by atoms with Crippen LogP contribution in [-0.2, 0) is 0 Å². The molecular weight excluding hydrogens is 380 g/mol. The molecule has 144 valence electrons. The fourth-order valence-corrected chi connectivity index (χ4v) is 3.89. The van der Waals surface area contributed by atoms with E-state index in [-0.39, 0.29) is 12.5 Å². The third-order valence-corrected chi connectivity index (χ3v) is 5.23. The van der Waals surface area contributed by atoms with Gasteiger partial charge in [-0.2, -0.15) is 9.78 Å². The van der Waals surface area contributed by atoms with Gasteiger partial charge in [0.25, 0.3) is 11.5 Å². The van der Waals surface area contributed by atoms with Crippen LogP contribution in [0.3, 0.4) is 0 Å². The molecule has 1 N–H and O–H groups in total. The minimum absolute atomic E-state index is 0.0402. The molecule has 0 radical (unpaired) electrons. The fourth-order valence-electron chi connectivity index (χ4n) is 3.70. The van der Waals surface area contributed by atoms with E-state index in [4.69, 9.17) is 11.6 Å². The SMILES string of the molecule is O=C(C1CCCN1CCO)n1nc(-c2cccc(Cl)c2)c2ncccc2c1=O. The maximum Gasteiger partial charge on any atom is 0.283 e. The number of benzene rings is 1. The summed E-state index contributed by atoms with van der Waals surface area (Å²) in [5.74, 6) is -0.384. The molecule has 8 heteroatoms. The molecule has 3 heterocycles. The number of fused-ring (bicyclic) bond motifs is 1. The van der Waals surface area contributed by atoms with Crippen LogP contribution in [0.25, 0.3) is 22.2 Å². The maximum atomic E-state index is 13.2. The number of nitrogens with zero attached hydrogens (tertiary/aromatic N) is 4. The number of rotatable bonds is 4. The van der Waals surface area contributed by atoms with Crippen molar-refractivity contribution in [2.24, 2.45) is 0 Å². The number of β-amino-alcohol motifs (C(OH)–C–C–N with tert-alkyl or cyclic N) is 1. The molecule has 1 fully saturated rings. The predicted octanol–water partition coefficient (Wildman–Crippen LogP) is 2.21. The van der Waals surface area contributed by atoms with Crippen molar-refractivity contribution in [1.82, 2.24) is 19.7 Å². The van der Waals surface area contributed by atoms with Crippen molar-refractivity contribution >= 4 is 28.4 Å². The average molecular weight is 399 g/mol. The molecule has 1 atom stereocenters. The number of carbonyl (C=O) groups is 1. The third kappa shape index (κ3) is 3.32. The number of hydrogen-bond acceptors (Lipinski definition) is 6. The first-order valence-electron chi connectivity index (χ1n) is 9.13. The molecule has 2 aromatic heterocycles. The highest BCUT2D eigenvalue weighted by atomic mass is 35.5. The fraction of sp³-hybridized carbons (Fsp3) is 0.300. The van der Waals surface area contributed by atoms with E-state index in [2.05, 4.69) is 10.1 Å². The number of likely N-dealkylation sites (tertiary alicyclic amines) is 1. The molecule has 0 amide bonds. The normalized spacial score (nSPS) is 17.3. The van der Waals surface area contributed by atoms with E-state index in [1.54, 1.807) is 36.5 Å². The molecular formula is C20H19ClN4O3. The van der Waals surface area contributed by atoms with Crippen molar-refractivity contribution in [2.45, 2.75) is 18.9 Å². The van der Waals surface area contributed by atoms with E-state index in [0.29, 0.717) is 46.7 Å². The summed E-state index contributed by atoms with van der Waals surface area (Å²) in [6.45, 7) is 1.06. The lowest BCUT2D eigenvalue weighted by Crippen LogP contribution is -2.44. The average Bonchev–Trinajstić information content (AvgIpc) is 3.16. The minimum Gasteiger partial charge on any atom is -0.395 e. The number of hydrogen-bond donors (Lipinski definition) is 1. The number of aliphatic hydroxyl groups is 1. The van der Waals surface area contributed by atoms with Gasteiger partial charge in [-0.15, -0.1) is 0 Å². The van der Waals surface area contributed by atoms with Gasteiger partial charge in [-0.05, 0) is 43.7 Å². The van der Waals surface area contributed by atoms with Crippen molar-refractivity contribution in [3.8, 4) is 11.3 Å². The van der Waals surface area contributed by atoms with E-state index >= 15 is 0 Å². The summed E-state index contributed by atoms with van der Waals surface area (Å²) < 4.78 is 0.945. The molecule has 3 aromatic rings. The first-order valence-corrected chi connectivity index (χ1v) is 9.51. The highest BCUT2D eigenvalue weighted by molar-refractivity contribution is 6.30. The summed E-state index contributed by atoms with van der Waals surface area (Å²) in [6, 6.07) is 9.90. The van der Waals surface area contributed by atoms with Gasteiger partial charge >= 0.3 is 0 Å². The van der Waals surface area contributed by atoms with E-state index in [1.807, 2.05) is 11.0 Å². The summed E-state index contributed by atoms with van der Waals surface area (Å²) in [6.07, 6.45) is 3.05. The largest absolute Gasteiger partial charge is 0.395 e. The number of carbonyl (C=O) groups excluding carboxylic acids is 1. The van der Waals surface area contributed by atoms with E-state index in [0.717, 1.165) is 11.1 Å². The van der Waals surface area contributed by atoms with Gasteiger partial charge in [0.1, 0.15) is 11.2 Å². The molecule has 7 nitrogen and oxygen atoms in total. The summed E-state index contributed by atoms with van der Waals surface area (Å²) in [5.41, 5.74) is 1.04. The van der Waals surface area contributed by atoms with Gasteiger partial charge in [-0.25, -0.2) is 0 Å². The van der Waals surface area contributed by atoms with E-state index in [9.17, 15) is 14.7 Å².